The minimum absolute atomic E-state index is 0.350. The predicted molar refractivity (Wildman–Crippen MR) is 82.4 cm³/mol. The van der Waals surface area contributed by atoms with E-state index >= 15 is 0 Å². The molecule has 4 heteroatoms. The molecule has 1 nitrogen and oxygen atoms in total. The van der Waals surface area contributed by atoms with E-state index in [1.807, 2.05) is 13.0 Å². The second-order valence-electron chi connectivity index (χ2n) is 6.09. The Morgan fingerprint density at radius 3 is 1.82 bits per heavy atom. The van der Waals surface area contributed by atoms with Crippen LogP contribution in [0.1, 0.15) is 15.8 Å². The van der Waals surface area contributed by atoms with Crippen molar-refractivity contribution in [1.82, 2.24) is 4.98 Å². The fourth-order valence-corrected chi connectivity index (χ4v) is 11.0. The molecule has 0 aliphatic carbocycles. The zero-order valence-electron chi connectivity index (χ0n) is 11.9. The maximum Gasteiger partial charge on any atom is 0.213 e. The van der Waals surface area contributed by atoms with E-state index in [9.17, 15) is 4.39 Å². The lowest BCUT2D eigenvalue weighted by atomic mass is 10.2. The molecule has 0 amide bonds. The Bertz CT molecular complexity index is 371. The molecule has 0 saturated heterocycles. The zero-order valence-corrected chi connectivity index (χ0v) is 13.5. The Balaban J connectivity index is 3.33. The Kier molecular flexibility index (Phi) is 4.20. The molecule has 1 aromatic heterocycles. The van der Waals surface area contributed by atoms with Crippen molar-refractivity contribution < 1.29 is 4.39 Å². The van der Waals surface area contributed by atoms with Crippen LogP contribution >= 0.6 is 20.1 Å². The molecule has 0 aromatic carbocycles. The second-order valence-corrected chi connectivity index (χ2v) is 15.1. The van der Waals surface area contributed by atoms with Crippen LogP contribution in [-0.4, -0.2) is 42.5 Å². The summed E-state index contributed by atoms with van der Waals surface area (Å²) in [7, 11) is -1.60. The number of halogens is 1. The van der Waals surface area contributed by atoms with Gasteiger partial charge in [0, 0.05) is 0 Å². The summed E-state index contributed by atoms with van der Waals surface area (Å²) < 4.78 is 13.9. The highest BCUT2D eigenvalue weighted by molar-refractivity contribution is 8.47. The molecule has 100 valence electrons. The van der Waals surface area contributed by atoms with E-state index in [0.29, 0.717) is 4.58 Å². The van der Waals surface area contributed by atoms with Gasteiger partial charge in [0.1, 0.15) is 0 Å². The molecule has 0 spiro atoms. The first-order valence-electron chi connectivity index (χ1n) is 5.50. The van der Waals surface area contributed by atoms with Crippen LogP contribution in [-0.2, 0) is 0 Å². The van der Waals surface area contributed by atoms with Gasteiger partial charge in [0.15, 0.2) is 0 Å². The summed E-state index contributed by atoms with van der Waals surface area (Å²) in [5, 5.41) is 0. The molecule has 0 unspecified atom stereocenters. The average Bonchev–Trinajstić information content (AvgIpc) is 1.93. The molecule has 0 aliphatic rings. The fraction of sp³-hybridized carbons (Fsp3) is 0.615. The molecule has 0 bridgehead atoms. The summed E-state index contributed by atoms with van der Waals surface area (Å²) in [4.78, 5) is 4.14. The fourth-order valence-electron chi connectivity index (χ4n) is 2.36. The van der Waals surface area contributed by atoms with E-state index in [1.165, 1.54) is 6.07 Å². The average molecular weight is 277 g/mol. The van der Waals surface area contributed by atoms with Gasteiger partial charge in [-0.05, 0) is 62.2 Å². The molecule has 1 rings (SSSR count). The van der Waals surface area contributed by atoms with Gasteiger partial charge in [-0.2, -0.15) is 4.39 Å². The molecule has 0 fully saturated rings. The van der Waals surface area contributed by atoms with E-state index in [-0.39, 0.29) is 5.95 Å². The van der Waals surface area contributed by atoms with Gasteiger partial charge in [-0.15, -0.1) is 0 Å². The second kappa shape index (κ2) is 4.81. The quantitative estimate of drug-likeness (QED) is 0.763. The van der Waals surface area contributed by atoms with E-state index in [2.05, 4.69) is 42.5 Å². The van der Waals surface area contributed by atoms with Crippen LogP contribution in [0.25, 0.3) is 0 Å². The highest BCUT2D eigenvalue weighted by atomic mass is 32.3. The van der Waals surface area contributed by atoms with Crippen LogP contribution < -0.4 is 0 Å². The minimum atomic E-state index is -0.801. The number of aryl methyl sites for hydroxylation is 1. The highest BCUT2D eigenvalue weighted by Gasteiger charge is 2.31. The summed E-state index contributed by atoms with van der Waals surface area (Å²) in [6.07, 6.45) is 13.7. The van der Waals surface area contributed by atoms with Crippen LogP contribution in [0.4, 0.5) is 4.39 Å². The highest BCUT2D eigenvalue weighted by Crippen LogP contribution is 2.68. The summed E-state index contributed by atoms with van der Waals surface area (Å²) in [5.74, 6) is -0.350. The number of hydrogen-bond donors (Lipinski definition) is 0. The molecular formula is C13H24FNS2. The standard InChI is InChI=1S/C13H24FNS2/c1-10-8-11(15-12(14)9-10)13(16(2,3)4)17(5,6)7/h8-9,13H,1-7H3. The number of hydrogen-bond acceptors (Lipinski definition) is 1. The molecule has 0 atom stereocenters. The van der Waals surface area contributed by atoms with Gasteiger partial charge in [0.05, 0.1) is 10.3 Å². The lowest BCUT2D eigenvalue weighted by Gasteiger charge is -2.47. The Hall–Kier alpha value is -0.220. The minimum Gasteiger partial charge on any atom is -0.234 e. The van der Waals surface area contributed by atoms with E-state index in [1.54, 1.807) is 0 Å². The Labute approximate surface area is 108 Å². The van der Waals surface area contributed by atoms with Gasteiger partial charge in [-0.1, -0.05) is 0 Å². The van der Waals surface area contributed by atoms with Crippen molar-refractivity contribution in [3.05, 3.63) is 29.3 Å². The first-order chi connectivity index (χ1) is 7.51. The topological polar surface area (TPSA) is 12.9 Å². The summed E-state index contributed by atoms with van der Waals surface area (Å²) in [6, 6.07) is 3.54. The summed E-state index contributed by atoms with van der Waals surface area (Å²) in [5.41, 5.74) is 1.90. The maximum atomic E-state index is 13.5. The van der Waals surface area contributed by atoms with Crippen LogP contribution in [0.5, 0.6) is 0 Å². The Morgan fingerprint density at radius 2 is 1.47 bits per heavy atom. The third kappa shape index (κ3) is 3.88. The first-order valence-corrected chi connectivity index (χ1v) is 11.3. The van der Waals surface area contributed by atoms with E-state index < -0.39 is 20.1 Å². The summed E-state index contributed by atoms with van der Waals surface area (Å²) >= 11 is 0. The molecule has 17 heavy (non-hydrogen) atoms. The molecular weight excluding hydrogens is 253 g/mol. The van der Waals surface area contributed by atoms with Gasteiger partial charge in [0.2, 0.25) is 5.95 Å². The van der Waals surface area contributed by atoms with Crippen molar-refractivity contribution in [2.75, 3.05) is 37.5 Å². The SMILES string of the molecule is Cc1cc(F)nc(C(S(C)(C)C)S(C)(C)C)c1. The molecule has 0 N–H and O–H groups in total. The van der Waals surface area contributed by atoms with Gasteiger partial charge < -0.3 is 0 Å². The number of pyridine rings is 1. The first kappa shape index (κ1) is 14.8. The van der Waals surface area contributed by atoms with Gasteiger partial charge in [-0.25, -0.2) is 25.0 Å². The molecule has 1 aromatic rings. The van der Waals surface area contributed by atoms with Crippen molar-refractivity contribution in [2.45, 2.75) is 11.5 Å². The van der Waals surface area contributed by atoms with Crippen molar-refractivity contribution >= 4 is 20.1 Å². The maximum absolute atomic E-state index is 13.5. The van der Waals surface area contributed by atoms with Crippen LogP contribution in [0.15, 0.2) is 12.1 Å². The van der Waals surface area contributed by atoms with Gasteiger partial charge in [0.25, 0.3) is 0 Å². The van der Waals surface area contributed by atoms with Crippen molar-refractivity contribution in [3.8, 4) is 0 Å². The monoisotopic (exact) mass is 277 g/mol. The van der Waals surface area contributed by atoms with Crippen LogP contribution in [0.3, 0.4) is 0 Å². The third-order valence-electron chi connectivity index (χ3n) is 2.48. The Morgan fingerprint density at radius 1 is 1.00 bits per heavy atom. The third-order valence-corrected chi connectivity index (χ3v) is 9.00. The predicted octanol–water partition coefficient (Wildman–Crippen LogP) is 3.92. The molecule has 0 aliphatic heterocycles. The van der Waals surface area contributed by atoms with E-state index in [0.717, 1.165) is 11.3 Å². The number of aromatic nitrogens is 1. The van der Waals surface area contributed by atoms with Gasteiger partial charge in [-0.3, -0.25) is 0 Å². The number of rotatable bonds is 3. The van der Waals surface area contributed by atoms with Crippen molar-refractivity contribution in [1.29, 1.82) is 0 Å². The van der Waals surface area contributed by atoms with E-state index in [4.69, 9.17) is 0 Å². The van der Waals surface area contributed by atoms with Crippen molar-refractivity contribution in [3.63, 3.8) is 0 Å². The summed E-state index contributed by atoms with van der Waals surface area (Å²) in [6.45, 7) is 1.93. The lowest BCUT2D eigenvalue weighted by Crippen LogP contribution is -2.16. The number of nitrogens with zero attached hydrogens (tertiary/aromatic N) is 1. The van der Waals surface area contributed by atoms with Gasteiger partial charge >= 0.3 is 0 Å². The zero-order chi connectivity index (χ0) is 13.4. The normalized spacial score (nSPS) is 15.1. The molecule has 0 radical (unpaired) electrons. The smallest absolute Gasteiger partial charge is 0.213 e. The van der Waals surface area contributed by atoms with Crippen LogP contribution in [0, 0.1) is 12.9 Å². The molecule has 0 saturated carbocycles. The van der Waals surface area contributed by atoms with Crippen molar-refractivity contribution in [2.24, 2.45) is 0 Å². The molecule has 1 heterocycles. The largest absolute Gasteiger partial charge is 0.234 e. The van der Waals surface area contributed by atoms with Crippen LogP contribution in [0.2, 0.25) is 0 Å². The lowest BCUT2D eigenvalue weighted by molar-refractivity contribution is 0.578.